The van der Waals surface area contributed by atoms with Gasteiger partial charge in [-0.15, -0.1) is 0 Å². The quantitative estimate of drug-likeness (QED) is 0.538. The molecule has 0 aliphatic rings. The maximum absolute atomic E-state index is 3.25. The molecule has 0 aromatic carbocycles. The van der Waals surface area contributed by atoms with E-state index in [1.165, 1.54) is 16.7 Å². The minimum Gasteiger partial charge on any atom is -0.317 e. The lowest BCUT2D eigenvalue weighted by atomic mass is 10.2. The Morgan fingerprint density at radius 3 is 2.25 bits per heavy atom. The van der Waals surface area contributed by atoms with Gasteiger partial charge in [0.15, 0.2) is 0 Å². The maximum atomic E-state index is 3.25. The van der Waals surface area contributed by atoms with E-state index in [1.54, 1.807) is 0 Å². The molecule has 0 amide bonds. The Bertz CT molecular complexity index is 48.5. The fourth-order valence-corrected chi connectivity index (χ4v) is 0.971. The highest BCUT2D eigenvalue weighted by Gasteiger charge is 2.05. The van der Waals surface area contributed by atoms with E-state index in [4.69, 9.17) is 0 Å². The topological polar surface area (TPSA) is 12.0 Å². The second-order valence-electron chi connectivity index (χ2n) is 2.46. The van der Waals surface area contributed by atoms with Crippen LogP contribution in [0.25, 0.3) is 0 Å². The van der Waals surface area contributed by atoms with Gasteiger partial charge in [0.2, 0.25) is 0 Å². The smallest absolute Gasteiger partial charge is 0.00868 e. The summed E-state index contributed by atoms with van der Waals surface area (Å²) in [4.78, 5) is 0. The van der Waals surface area contributed by atoms with E-state index in [-0.39, 0.29) is 0 Å². The van der Waals surface area contributed by atoms with Crippen LogP contribution in [0.3, 0.4) is 0 Å². The van der Waals surface area contributed by atoms with E-state index in [0.29, 0.717) is 0 Å². The Balaban J connectivity index is 3.29. The summed E-state index contributed by atoms with van der Waals surface area (Å²) in [7, 11) is 3.35. The molecule has 0 aromatic heterocycles. The van der Waals surface area contributed by atoms with Gasteiger partial charge in [-0.1, -0.05) is 13.3 Å². The normalized spacial score (nSPS) is 18.4. The Morgan fingerprint density at radius 2 is 2.12 bits per heavy atom. The maximum Gasteiger partial charge on any atom is 0.00868 e. The molecule has 2 heteroatoms. The standard InChI is InChI=1S/C6H17NSi/c1-4-6(8)5(2)7-3/h5-7H,4H2,1-3,8H3. The van der Waals surface area contributed by atoms with Gasteiger partial charge in [-0.25, -0.2) is 0 Å². The summed E-state index contributed by atoms with van der Waals surface area (Å²) in [6, 6.07) is 0.728. The number of nitrogens with one attached hydrogen (secondary N) is 1. The predicted molar refractivity (Wildman–Crippen MR) is 42.5 cm³/mol. The summed E-state index contributed by atoms with van der Waals surface area (Å²) in [6.07, 6.45) is 1.33. The van der Waals surface area contributed by atoms with Crippen LogP contribution in [0.4, 0.5) is 0 Å². The molecule has 0 heterocycles. The van der Waals surface area contributed by atoms with Crippen LogP contribution in [0.2, 0.25) is 5.54 Å². The summed E-state index contributed by atoms with van der Waals surface area (Å²) in [5, 5.41) is 3.25. The van der Waals surface area contributed by atoms with Crippen LogP contribution < -0.4 is 5.32 Å². The van der Waals surface area contributed by atoms with Crippen molar-refractivity contribution in [3.8, 4) is 0 Å². The average molecular weight is 131 g/mol. The van der Waals surface area contributed by atoms with E-state index in [1.807, 2.05) is 7.05 Å². The van der Waals surface area contributed by atoms with Crippen LogP contribution in [-0.2, 0) is 0 Å². The molecule has 1 N–H and O–H groups in total. The number of hydrogen-bond donors (Lipinski definition) is 1. The van der Waals surface area contributed by atoms with Crippen LogP contribution in [0.5, 0.6) is 0 Å². The van der Waals surface area contributed by atoms with Crippen molar-refractivity contribution in [2.45, 2.75) is 31.9 Å². The fraction of sp³-hybridized carbons (Fsp3) is 1.00. The first kappa shape index (κ1) is 8.18. The molecule has 1 nitrogen and oxygen atoms in total. The van der Waals surface area contributed by atoms with Crippen molar-refractivity contribution < 1.29 is 0 Å². The fourth-order valence-electron chi connectivity index (χ4n) is 0.638. The molecule has 0 aliphatic heterocycles. The third-order valence-electron chi connectivity index (χ3n) is 1.95. The third kappa shape index (κ3) is 2.48. The van der Waals surface area contributed by atoms with Crippen molar-refractivity contribution in [1.29, 1.82) is 0 Å². The molecule has 0 spiro atoms. The van der Waals surface area contributed by atoms with E-state index in [2.05, 4.69) is 19.2 Å². The van der Waals surface area contributed by atoms with Gasteiger partial charge in [-0.2, -0.15) is 0 Å². The molecule has 0 aromatic rings. The molecule has 2 atom stereocenters. The second kappa shape index (κ2) is 4.10. The molecule has 0 saturated heterocycles. The highest BCUT2D eigenvalue weighted by molar-refractivity contribution is 6.12. The highest BCUT2D eigenvalue weighted by atomic mass is 28.1. The predicted octanol–water partition coefficient (Wildman–Crippen LogP) is 0.158. The number of hydrogen-bond acceptors (Lipinski definition) is 1. The van der Waals surface area contributed by atoms with Crippen molar-refractivity contribution in [2.24, 2.45) is 0 Å². The zero-order valence-electron chi connectivity index (χ0n) is 6.36. The van der Waals surface area contributed by atoms with Gasteiger partial charge < -0.3 is 5.32 Å². The molecule has 0 aliphatic carbocycles. The molecular formula is C6H17NSi. The molecule has 2 unspecified atom stereocenters. The average Bonchev–Trinajstić information content (AvgIpc) is 1.84. The van der Waals surface area contributed by atoms with Gasteiger partial charge in [-0.05, 0) is 19.5 Å². The van der Waals surface area contributed by atoms with Gasteiger partial charge in [-0.3, -0.25) is 0 Å². The molecule has 0 fully saturated rings. The van der Waals surface area contributed by atoms with E-state index >= 15 is 0 Å². The van der Waals surface area contributed by atoms with Crippen molar-refractivity contribution in [3.63, 3.8) is 0 Å². The summed E-state index contributed by atoms with van der Waals surface area (Å²) < 4.78 is 0. The van der Waals surface area contributed by atoms with Crippen LogP contribution in [0.15, 0.2) is 0 Å². The first-order valence-corrected chi connectivity index (χ1v) is 4.55. The molecule has 50 valence electrons. The largest absolute Gasteiger partial charge is 0.317 e. The van der Waals surface area contributed by atoms with Gasteiger partial charge in [0, 0.05) is 16.3 Å². The Labute approximate surface area is 55.3 Å². The SMILES string of the molecule is CCC([SiH3])C(C)NC. The van der Waals surface area contributed by atoms with E-state index in [9.17, 15) is 0 Å². The van der Waals surface area contributed by atoms with Crippen molar-refractivity contribution in [3.05, 3.63) is 0 Å². The van der Waals surface area contributed by atoms with Gasteiger partial charge in [0.05, 0.1) is 0 Å². The monoisotopic (exact) mass is 131 g/mol. The second-order valence-corrected chi connectivity index (χ2v) is 3.95. The zero-order valence-corrected chi connectivity index (χ0v) is 8.36. The van der Waals surface area contributed by atoms with Gasteiger partial charge in [0.25, 0.3) is 0 Å². The molecule has 8 heavy (non-hydrogen) atoms. The summed E-state index contributed by atoms with van der Waals surface area (Å²) in [5.41, 5.74) is 0.944. The van der Waals surface area contributed by atoms with Crippen molar-refractivity contribution in [2.75, 3.05) is 7.05 Å². The van der Waals surface area contributed by atoms with Gasteiger partial charge >= 0.3 is 0 Å². The van der Waals surface area contributed by atoms with Crippen LogP contribution in [0.1, 0.15) is 20.3 Å². The van der Waals surface area contributed by atoms with Crippen LogP contribution in [0, 0.1) is 0 Å². The van der Waals surface area contributed by atoms with Crippen molar-refractivity contribution >= 4 is 10.2 Å². The summed E-state index contributed by atoms with van der Waals surface area (Å²) in [5.74, 6) is 0. The van der Waals surface area contributed by atoms with E-state index in [0.717, 1.165) is 11.6 Å². The van der Waals surface area contributed by atoms with Crippen molar-refractivity contribution in [1.82, 2.24) is 5.32 Å². The zero-order chi connectivity index (χ0) is 6.57. The lowest BCUT2D eigenvalue weighted by molar-refractivity contribution is 0.557. The first-order chi connectivity index (χ1) is 3.72. The third-order valence-corrected chi connectivity index (χ3v) is 3.77. The van der Waals surface area contributed by atoms with Crippen LogP contribution in [-0.4, -0.2) is 23.3 Å². The summed E-state index contributed by atoms with van der Waals surface area (Å²) in [6.45, 7) is 4.51. The Morgan fingerprint density at radius 1 is 1.62 bits per heavy atom. The summed E-state index contributed by atoms with van der Waals surface area (Å²) >= 11 is 0. The molecule has 0 rings (SSSR count). The Hall–Kier alpha value is 0.177. The molecule has 0 saturated carbocycles. The minimum absolute atomic E-state index is 0.728. The molecular weight excluding hydrogens is 114 g/mol. The van der Waals surface area contributed by atoms with Gasteiger partial charge in [0.1, 0.15) is 0 Å². The lowest BCUT2D eigenvalue weighted by Crippen LogP contribution is -2.26. The Kier molecular flexibility index (Phi) is 4.19. The molecule has 0 radical (unpaired) electrons. The van der Waals surface area contributed by atoms with Crippen LogP contribution >= 0.6 is 0 Å². The minimum atomic E-state index is 0.728. The first-order valence-electron chi connectivity index (χ1n) is 3.39. The molecule has 0 bridgehead atoms. The van der Waals surface area contributed by atoms with E-state index < -0.39 is 0 Å². The number of rotatable bonds is 3. The lowest BCUT2D eigenvalue weighted by Gasteiger charge is -2.16. The highest BCUT2D eigenvalue weighted by Crippen LogP contribution is 2.08.